The van der Waals surface area contributed by atoms with Crippen molar-refractivity contribution < 1.29 is 5.11 Å². The highest BCUT2D eigenvalue weighted by Crippen LogP contribution is 2.61. The van der Waals surface area contributed by atoms with Crippen molar-refractivity contribution in [2.75, 3.05) is 26.2 Å². The fourth-order valence-corrected chi connectivity index (χ4v) is 10.1. The maximum Gasteiger partial charge on any atom is 0.0903 e. The number of benzene rings is 1. The Morgan fingerprint density at radius 2 is 1.80 bits per heavy atom. The normalized spacial score (nSPS) is 38.6. The highest BCUT2D eigenvalue weighted by molar-refractivity contribution is 6.09. The van der Waals surface area contributed by atoms with Crippen LogP contribution in [0.25, 0.3) is 27.4 Å². The molecule has 2 aromatic heterocycles. The highest BCUT2D eigenvalue weighted by Gasteiger charge is 2.57. The first-order valence-electron chi connectivity index (χ1n) is 16.5. The molecule has 1 aromatic carbocycles. The first kappa shape index (κ1) is 26.2. The van der Waals surface area contributed by atoms with Gasteiger partial charge in [-0.2, -0.15) is 0 Å². The van der Waals surface area contributed by atoms with E-state index in [-0.39, 0.29) is 10.8 Å². The van der Waals surface area contributed by atoms with Crippen LogP contribution < -0.4 is 5.32 Å². The van der Waals surface area contributed by atoms with Crippen LogP contribution in [-0.2, 0) is 0 Å². The predicted molar refractivity (Wildman–Crippen MR) is 168 cm³/mol. The van der Waals surface area contributed by atoms with E-state index in [1.54, 1.807) is 0 Å². The van der Waals surface area contributed by atoms with Gasteiger partial charge in [0.15, 0.2) is 0 Å². The smallest absolute Gasteiger partial charge is 0.0903 e. The third-order valence-corrected chi connectivity index (χ3v) is 11.7. The molecule has 2 unspecified atom stereocenters. The lowest BCUT2D eigenvalue weighted by Gasteiger charge is -2.59. The molecular formula is C36H46N4O. The number of nitrogens with one attached hydrogen (secondary N) is 2. The summed E-state index contributed by atoms with van der Waals surface area (Å²) < 4.78 is 0. The zero-order chi connectivity index (χ0) is 27.5. The number of hydrogen-bond acceptors (Lipinski definition) is 4. The van der Waals surface area contributed by atoms with Crippen LogP contribution in [0, 0.1) is 16.7 Å². The molecule has 1 saturated carbocycles. The third kappa shape index (κ3) is 4.42. The molecule has 41 heavy (non-hydrogen) atoms. The Morgan fingerprint density at radius 3 is 2.78 bits per heavy atom. The lowest BCUT2D eigenvalue weighted by atomic mass is 9.51. The monoisotopic (exact) mass is 550 g/mol. The number of nitrogens with zero attached hydrogens (tertiary/aromatic N) is 2. The summed E-state index contributed by atoms with van der Waals surface area (Å²) in [6.45, 7) is 4.58. The SMILES string of the molecule is O[C@]12C=C(c3nccc4c3[nH]c3ccccc34)[C@@H]3CCN4CCCC([C@@H]5/C=C\CCCCN5)(CCCC1)C[C@@]3(C4)C2. The van der Waals surface area contributed by atoms with Crippen molar-refractivity contribution in [2.45, 2.75) is 88.7 Å². The number of fused-ring (bicyclic) bond motifs is 6. The average Bonchev–Trinajstić information content (AvgIpc) is 3.34. The Labute approximate surface area is 244 Å². The van der Waals surface area contributed by atoms with Crippen molar-refractivity contribution >= 4 is 27.4 Å². The number of allylic oxidation sites excluding steroid dienone is 2. The van der Waals surface area contributed by atoms with E-state index in [4.69, 9.17) is 4.98 Å². The van der Waals surface area contributed by atoms with Crippen LogP contribution in [0.3, 0.4) is 0 Å². The largest absolute Gasteiger partial charge is 0.386 e. The van der Waals surface area contributed by atoms with Crippen LogP contribution >= 0.6 is 0 Å². The molecular weight excluding hydrogens is 504 g/mol. The van der Waals surface area contributed by atoms with Gasteiger partial charge in [0, 0.05) is 35.1 Å². The number of para-hydroxylation sites is 1. The summed E-state index contributed by atoms with van der Waals surface area (Å²) in [5.74, 6) is 0.414. The maximum absolute atomic E-state index is 12.5. The summed E-state index contributed by atoms with van der Waals surface area (Å²) in [5, 5.41) is 19.1. The van der Waals surface area contributed by atoms with Gasteiger partial charge in [-0.25, -0.2) is 0 Å². The minimum atomic E-state index is -0.774. The molecule has 3 aromatic rings. The molecule has 0 radical (unpaired) electrons. The summed E-state index contributed by atoms with van der Waals surface area (Å²) in [5.41, 5.74) is 4.21. The molecule has 2 aliphatic carbocycles. The lowest BCUT2D eigenvalue weighted by molar-refractivity contribution is -0.0771. The molecule has 0 amide bonds. The van der Waals surface area contributed by atoms with Crippen LogP contribution in [0.5, 0.6) is 0 Å². The van der Waals surface area contributed by atoms with Gasteiger partial charge < -0.3 is 20.3 Å². The molecule has 8 rings (SSSR count). The van der Waals surface area contributed by atoms with E-state index in [0.717, 1.165) is 62.0 Å². The van der Waals surface area contributed by atoms with Crippen molar-refractivity contribution in [2.24, 2.45) is 16.7 Å². The van der Waals surface area contributed by atoms with Gasteiger partial charge in [-0.05, 0) is 124 Å². The van der Waals surface area contributed by atoms with E-state index in [9.17, 15) is 5.11 Å². The zero-order valence-corrected chi connectivity index (χ0v) is 24.5. The summed E-state index contributed by atoms with van der Waals surface area (Å²) in [6.07, 6.45) is 23.3. The van der Waals surface area contributed by atoms with E-state index in [2.05, 4.69) is 63.8 Å². The number of piperidine rings is 1. The topological polar surface area (TPSA) is 64.2 Å². The van der Waals surface area contributed by atoms with Crippen LogP contribution in [0.1, 0.15) is 82.7 Å². The van der Waals surface area contributed by atoms with Crippen molar-refractivity contribution in [1.29, 1.82) is 0 Å². The number of aromatic amines is 1. The molecule has 4 bridgehead atoms. The molecule has 216 valence electrons. The number of aliphatic hydroxyl groups is 1. The summed E-state index contributed by atoms with van der Waals surface area (Å²) in [7, 11) is 0. The molecule has 6 atom stereocenters. The van der Waals surface area contributed by atoms with Gasteiger partial charge in [-0.15, -0.1) is 0 Å². The van der Waals surface area contributed by atoms with Crippen molar-refractivity contribution in [3.05, 3.63) is 60.5 Å². The van der Waals surface area contributed by atoms with Crippen LogP contribution in [-0.4, -0.2) is 57.8 Å². The molecule has 3 fully saturated rings. The molecule has 5 aliphatic rings. The number of pyridine rings is 1. The summed E-state index contributed by atoms with van der Waals surface area (Å²) in [6, 6.07) is 11.2. The second-order valence-electron chi connectivity index (χ2n) is 14.3. The number of rotatable bonds is 2. The first-order chi connectivity index (χ1) is 20.1. The van der Waals surface area contributed by atoms with Gasteiger partial charge in [-0.1, -0.05) is 43.2 Å². The average molecular weight is 551 g/mol. The van der Waals surface area contributed by atoms with Gasteiger partial charge in [-0.3, -0.25) is 4.98 Å². The molecule has 5 heterocycles. The van der Waals surface area contributed by atoms with Gasteiger partial charge in [0.05, 0.1) is 16.8 Å². The van der Waals surface area contributed by atoms with Gasteiger partial charge in [0.1, 0.15) is 0 Å². The predicted octanol–water partition coefficient (Wildman–Crippen LogP) is 6.99. The van der Waals surface area contributed by atoms with Gasteiger partial charge in [0.2, 0.25) is 0 Å². The van der Waals surface area contributed by atoms with Gasteiger partial charge >= 0.3 is 0 Å². The third-order valence-electron chi connectivity index (χ3n) is 11.7. The minimum Gasteiger partial charge on any atom is -0.386 e. The van der Waals surface area contributed by atoms with Gasteiger partial charge in [0.25, 0.3) is 0 Å². The van der Waals surface area contributed by atoms with Crippen LogP contribution in [0.4, 0.5) is 0 Å². The minimum absolute atomic E-state index is 0.0512. The zero-order valence-electron chi connectivity index (χ0n) is 24.5. The second kappa shape index (κ2) is 10.1. The quantitative estimate of drug-likeness (QED) is 0.301. The Morgan fingerprint density at radius 1 is 0.902 bits per heavy atom. The summed E-state index contributed by atoms with van der Waals surface area (Å²) in [4.78, 5) is 11.6. The van der Waals surface area contributed by atoms with Crippen molar-refractivity contribution in [3.8, 4) is 0 Å². The van der Waals surface area contributed by atoms with Crippen molar-refractivity contribution in [1.82, 2.24) is 20.2 Å². The Kier molecular flexibility index (Phi) is 6.43. The molecule has 2 saturated heterocycles. The summed E-state index contributed by atoms with van der Waals surface area (Å²) >= 11 is 0. The standard InChI is InChI=1S/C36H46N4O/c41-36-17-7-6-15-34(31-12-3-1-2-8-18-37-31)16-9-20-40-21-14-29(35(23-34,24-36)25-40)28(22-36)32-33-27(13-19-38-32)26-10-4-5-11-30(26)39-33/h3-5,10-13,19,22,29,31,37,39,41H,1-2,6-9,14-18,20-21,23-25H2/b12-3-/t29-,31-,34?,35-,36-/m0/s1. The van der Waals surface area contributed by atoms with Crippen LogP contribution in [0.2, 0.25) is 0 Å². The van der Waals surface area contributed by atoms with E-state index in [1.807, 2.05) is 6.20 Å². The molecule has 5 heteroatoms. The number of aromatic nitrogens is 2. The Hall–Kier alpha value is -2.47. The van der Waals surface area contributed by atoms with E-state index in [0.29, 0.717) is 12.0 Å². The first-order valence-corrected chi connectivity index (χ1v) is 16.5. The fourth-order valence-electron chi connectivity index (χ4n) is 10.1. The molecule has 1 spiro atoms. The highest BCUT2D eigenvalue weighted by atomic mass is 16.3. The van der Waals surface area contributed by atoms with E-state index in [1.165, 1.54) is 74.3 Å². The lowest BCUT2D eigenvalue weighted by Crippen LogP contribution is -2.59. The van der Waals surface area contributed by atoms with Crippen LogP contribution in [0.15, 0.2) is 54.8 Å². The van der Waals surface area contributed by atoms with E-state index >= 15 is 0 Å². The number of H-pyrrole nitrogens is 1. The Balaban J connectivity index is 1.30. The second-order valence-corrected chi connectivity index (χ2v) is 14.3. The maximum atomic E-state index is 12.5. The van der Waals surface area contributed by atoms with Crippen molar-refractivity contribution in [3.63, 3.8) is 0 Å². The fraction of sp³-hybridized carbons (Fsp3) is 0.583. The molecule has 5 nitrogen and oxygen atoms in total. The molecule has 3 aliphatic heterocycles. The Bertz CT molecular complexity index is 1510. The van der Waals surface area contributed by atoms with E-state index < -0.39 is 5.60 Å². The number of hydrogen-bond donors (Lipinski definition) is 3. The molecule has 3 N–H and O–H groups in total.